The standard InChI is InChI=1S/C21H31FN6/c1-2-23-21(25-14-12-17-8-6-9-18(22)16-17)24-13-7-11-20-27-26-19-10-4-3-5-15-28(19)20/h6,8-9,16H,2-5,7,10-15H2,1H3,(H2,23,24,25). The molecule has 2 N–H and O–H groups in total. The van der Waals surface area contributed by atoms with Crippen LogP contribution in [0.2, 0.25) is 0 Å². The van der Waals surface area contributed by atoms with Crippen LogP contribution in [0.15, 0.2) is 29.3 Å². The summed E-state index contributed by atoms with van der Waals surface area (Å²) < 4.78 is 15.6. The molecule has 1 aliphatic rings. The molecule has 0 radical (unpaired) electrons. The van der Waals surface area contributed by atoms with Crippen molar-refractivity contribution in [2.75, 3.05) is 19.6 Å². The molecule has 0 bridgehead atoms. The molecule has 1 aromatic carbocycles. The van der Waals surface area contributed by atoms with E-state index in [0.717, 1.165) is 68.5 Å². The van der Waals surface area contributed by atoms with Crippen LogP contribution in [0, 0.1) is 5.82 Å². The van der Waals surface area contributed by atoms with E-state index in [4.69, 9.17) is 0 Å². The molecule has 28 heavy (non-hydrogen) atoms. The number of aromatic nitrogens is 3. The topological polar surface area (TPSA) is 67.1 Å². The van der Waals surface area contributed by atoms with Gasteiger partial charge in [-0.25, -0.2) is 4.39 Å². The predicted octanol–water partition coefficient (Wildman–Crippen LogP) is 2.87. The van der Waals surface area contributed by atoms with Crippen LogP contribution < -0.4 is 10.6 Å². The second kappa shape index (κ2) is 10.8. The summed E-state index contributed by atoms with van der Waals surface area (Å²) >= 11 is 0. The number of aliphatic imine (C=N–C) groups is 1. The summed E-state index contributed by atoms with van der Waals surface area (Å²) in [5.74, 6) is 2.85. The lowest BCUT2D eigenvalue weighted by Gasteiger charge is -2.11. The van der Waals surface area contributed by atoms with Gasteiger partial charge in [0.1, 0.15) is 17.5 Å². The van der Waals surface area contributed by atoms with Crippen molar-refractivity contribution < 1.29 is 4.39 Å². The second-order valence-corrected chi connectivity index (χ2v) is 7.17. The Labute approximate surface area is 166 Å². The average Bonchev–Trinajstić information content (AvgIpc) is 2.91. The molecule has 3 rings (SSSR count). The van der Waals surface area contributed by atoms with E-state index in [2.05, 4.69) is 37.3 Å². The Bertz CT molecular complexity index is 770. The van der Waals surface area contributed by atoms with Crippen LogP contribution >= 0.6 is 0 Å². The van der Waals surface area contributed by atoms with Crippen LogP contribution in [0.3, 0.4) is 0 Å². The van der Waals surface area contributed by atoms with E-state index in [1.807, 2.05) is 6.07 Å². The molecular weight excluding hydrogens is 355 g/mol. The first-order valence-electron chi connectivity index (χ1n) is 10.4. The SMILES string of the molecule is CCNC(=NCCCc1nnc2n1CCCCC2)NCCc1cccc(F)c1. The van der Waals surface area contributed by atoms with E-state index >= 15 is 0 Å². The van der Waals surface area contributed by atoms with Crippen LogP contribution in [0.25, 0.3) is 0 Å². The zero-order chi connectivity index (χ0) is 19.6. The molecule has 0 fully saturated rings. The maximum Gasteiger partial charge on any atom is 0.191 e. The van der Waals surface area contributed by atoms with Crippen LogP contribution in [-0.2, 0) is 25.8 Å². The Morgan fingerprint density at radius 3 is 2.96 bits per heavy atom. The summed E-state index contributed by atoms with van der Waals surface area (Å²) in [4.78, 5) is 4.66. The van der Waals surface area contributed by atoms with E-state index in [0.29, 0.717) is 6.54 Å². The molecule has 0 aliphatic carbocycles. The van der Waals surface area contributed by atoms with Gasteiger partial charge in [0.2, 0.25) is 0 Å². The first-order chi connectivity index (χ1) is 13.8. The fraction of sp³-hybridized carbons (Fsp3) is 0.571. The Morgan fingerprint density at radius 1 is 1.18 bits per heavy atom. The number of nitrogens with zero attached hydrogens (tertiary/aromatic N) is 4. The van der Waals surface area contributed by atoms with Gasteiger partial charge >= 0.3 is 0 Å². The molecule has 0 spiro atoms. The van der Waals surface area contributed by atoms with Gasteiger partial charge in [-0.15, -0.1) is 10.2 Å². The van der Waals surface area contributed by atoms with Gasteiger partial charge < -0.3 is 15.2 Å². The van der Waals surface area contributed by atoms with Crippen molar-refractivity contribution in [3.63, 3.8) is 0 Å². The molecule has 1 aliphatic heterocycles. The zero-order valence-corrected chi connectivity index (χ0v) is 16.8. The number of guanidine groups is 1. The Kier molecular flexibility index (Phi) is 7.82. The number of halogens is 1. The van der Waals surface area contributed by atoms with Gasteiger partial charge in [0, 0.05) is 39.0 Å². The number of rotatable bonds is 8. The number of hydrogen-bond acceptors (Lipinski definition) is 3. The molecule has 1 aromatic heterocycles. The van der Waals surface area contributed by atoms with Crippen molar-refractivity contribution in [1.29, 1.82) is 0 Å². The smallest absolute Gasteiger partial charge is 0.191 e. The normalized spacial score (nSPS) is 14.4. The summed E-state index contributed by atoms with van der Waals surface area (Å²) in [5.41, 5.74) is 0.982. The fourth-order valence-electron chi connectivity index (χ4n) is 3.52. The molecule has 152 valence electrons. The van der Waals surface area contributed by atoms with E-state index in [1.165, 1.54) is 25.3 Å². The minimum absolute atomic E-state index is 0.190. The van der Waals surface area contributed by atoms with Crippen molar-refractivity contribution >= 4 is 5.96 Å². The largest absolute Gasteiger partial charge is 0.357 e. The second-order valence-electron chi connectivity index (χ2n) is 7.17. The third kappa shape index (κ3) is 6.04. The molecule has 0 amide bonds. The number of nitrogens with one attached hydrogen (secondary N) is 2. The number of benzene rings is 1. The van der Waals surface area contributed by atoms with Crippen LogP contribution in [0.4, 0.5) is 4.39 Å². The summed E-state index contributed by atoms with van der Waals surface area (Å²) in [5, 5.41) is 15.3. The molecule has 2 aromatic rings. The van der Waals surface area contributed by atoms with E-state index in [1.54, 1.807) is 12.1 Å². The minimum atomic E-state index is -0.190. The lowest BCUT2D eigenvalue weighted by molar-refractivity contribution is 0.597. The monoisotopic (exact) mass is 386 g/mol. The van der Waals surface area contributed by atoms with Gasteiger partial charge in [0.05, 0.1) is 0 Å². The average molecular weight is 387 g/mol. The molecule has 7 heteroatoms. The number of fused-ring (bicyclic) bond motifs is 1. The summed E-state index contributed by atoms with van der Waals surface area (Å²) in [6.45, 7) is 5.36. The lowest BCUT2D eigenvalue weighted by Crippen LogP contribution is -2.38. The van der Waals surface area contributed by atoms with Gasteiger partial charge in [0.25, 0.3) is 0 Å². The quantitative estimate of drug-likeness (QED) is 0.416. The van der Waals surface area contributed by atoms with E-state index < -0.39 is 0 Å². The van der Waals surface area contributed by atoms with E-state index in [9.17, 15) is 4.39 Å². The highest BCUT2D eigenvalue weighted by atomic mass is 19.1. The highest BCUT2D eigenvalue weighted by molar-refractivity contribution is 5.79. The first-order valence-corrected chi connectivity index (χ1v) is 10.4. The van der Waals surface area contributed by atoms with Crippen LogP contribution in [0.1, 0.15) is 49.8 Å². The Balaban J connectivity index is 1.44. The number of hydrogen-bond donors (Lipinski definition) is 2. The highest BCUT2D eigenvalue weighted by Crippen LogP contribution is 2.15. The lowest BCUT2D eigenvalue weighted by atomic mass is 10.1. The molecule has 0 unspecified atom stereocenters. The third-order valence-electron chi connectivity index (χ3n) is 4.95. The summed E-state index contributed by atoms with van der Waals surface area (Å²) in [6.07, 6.45) is 7.36. The van der Waals surface area contributed by atoms with Crippen molar-refractivity contribution in [2.24, 2.45) is 4.99 Å². The highest BCUT2D eigenvalue weighted by Gasteiger charge is 2.14. The first kappa shape index (κ1) is 20.3. The molecule has 0 atom stereocenters. The fourth-order valence-corrected chi connectivity index (χ4v) is 3.52. The van der Waals surface area contributed by atoms with Crippen LogP contribution in [0.5, 0.6) is 0 Å². The third-order valence-corrected chi connectivity index (χ3v) is 4.95. The maximum atomic E-state index is 13.3. The molecular formula is C21H31FN6. The van der Waals surface area contributed by atoms with Gasteiger partial charge in [-0.2, -0.15) is 0 Å². The molecule has 6 nitrogen and oxygen atoms in total. The van der Waals surface area contributed by atoms with Crippen molar-refractivity contribution in [3.05, 3.63) is 47.3 Å². The number of aryl methyl sites for hydroxylation is 2. The van der Waals surface area contributed by atoms with Crippen LogP contribution in [-0.4, -0.2) is 40.4 Å². The van der Waals surface area contributed by atoms with Gasteiger partial charge in [-0.1, -0.05) is 18.6 Å². The van der Waals surface area contributed by atoms with Gasteiger partial charge in [-0.3, -0.25) is 4.99 Å². The van der Waals surface area contributed by atoms with Gasteiger partial charge in [-0.05, 0) is 50.3 Å². The molecule has 0 saturated carbocycles. The van der Waals surface area contributed by atoms with Crippen molar-refractivity contribution in [3.8, 4) is 0 Å². The Hall–Kier alpha value is -2.44. The van der Waals surface area contributed by atoms with E-state index in [-0.39, 0.29) is 5.82 Å². The summed E-state index contributed by atoms with van der Waals surface area (Å²) in [6, 6.07) is 6.73. The summed E-state index contributed by atoms with van der Waals surface area (Å²) in [7, 11) is 0. The molecule has 2 heterocycles. The van der Waals surface area contributed by atoms with Crippen molar-refractivity contribution in [2.45, 2.75) is 58.4 Å². The van der Waals surface area contributed by atoms with Gasteiger partial charge in [0.15, 0.2) is 5.96 Å². The Morgan fingerprint density at radius 2 is 2.11 bits per heavy atom. The zero-order valence-electron chi connectivity index (χ0n) is 16.8. The predicted molar refractivity (Wildman–Crippen MR) is 110 cm³/mol. The molecule has 0 saturated heterocycles. The minimum Gasteiger partial charge on any atom is -0.357 e. The van der Waals surface area contributed by atoms with Crippen molar-refractivity contribution in [1.82, 2.24) is 25.4 Å². The maximum absolute atomic E-state index is 13.3.